The van der Waals surface area contributed by atoms with Crippen LogP contribution in [0.2, 0.25) is 0 Å². The largest absolute Gasteiger partial charge is 0.379 e. The molecule has 142 valence electrons. The molecule has 4 N–H and O–H groups in total. The van der Waals surface area contributed by atoms with E-state index in [1.54, 1.807) is 11.8 Å². The van der Waals surface area contributed by atoms with E-state index in [1.165, 1.54) is 11.3 Å². The molecule has 2 aromatic heterocycles. The third kappa shape index (κ3) is 4.67. The number of aromatic nitrogens is 5. The fraction of sp³-hybridized carbons (Fsp3) is 0.667. The van der Waals surface area contributed by atoms with Crippen molar-refractivity contribution < 1.29 is 9.53 Å². The molecule has 0 unspecified atom stereocenters. The number of anilines is 2. The third-order valence-corrected chi connectivity index (χ3v) is 5.19. The van der Waals surface area contributed by atoms with Crippen molar-refractivity contribution in [1.29, 1.82) is 0 Å². The van der Waals surface area contributed by atoms with Crippen molar-refractivity contribution in [3.8, 4) is 0 Å². The Labute approximate surface area is 155 Å². The molecule has 1 saturated carbocycles. The minimum Gasteiger partial charge on any atom is -0.379 e. The summed E-state index contributed by atoms with van der Waals surface area (Å²) < 4.78 is 7.32. The van der Waals surface area contributed by atoms with Gasteiger partial charge >= 0.3 is 0 Å². The summed E-state index contributed by atoms with van der Waals surface area (Å²) >= 11 is 1.31. The summed E-state index contributed by atoms with van der Waals surface area (Å²) in [4.78, 5) is 12.5. The first kappa shape index (κ1) is 18.5. The van der Waals surface area contributed by atoms with E-state index < -0.39 is 0 Å². The number of hydrogen-bond donors (Lipinski definition) is 3. The molecule has 3 atom stereocenters. The first-order chi connectivity index (χ1) is 12.5. The van der Waals surface area contributed by atoms with Gasteiger partial charge in [-0.3, -0.25) is 9.48 Å². The molecule has 0 aromatic carbocycles. The van der Waals surface area contributed by atoms with E-state index in [0.29, 0.717) is 29.8 Å². The van der Waals surface area contributed by atoms with Gasteiger partial charge in [-0.15, -0.1) is 15.3 Å². The van der Waals surface area contributed by atoms with Crippen LogP contribution in [0.1, 0.15) is 25.0 Å². The molecule has 0 spiro atoms. The predicted molar refractivity (Wildman–Crippen MR) is 97.6 cm³/mol. The van der Waals surface area contributed by atoms with E-state index in [1.807, 2.05) is 13.1 Å². The highest BCUT2D eigenvalue weighted by Crippen LogP contribution is 2.30. The molecule has 26 heavy (non-hydrogen) atoms. The van der Waals surface area contributed by atoms with E-state index >= 15 is 0 Å². The van der Waals surface area contributed by atoms with E-state index in [0.717, 1.165) is 18.5 Å². The van der Waals surface area contributed by atoms with Crippen LogP contribution in [0.5, 0.6) is 0 Å². The average molecular weight is 380 g/mol. The van der Waals surface area contributed by atoms with Gasteiger partial charge in [-0.05, 0) is 26.2 Å². The van der Waals surface area contributed by atoms with Crippen LogP contribution in [0.15, 0.2) is 6.20 Å². The van der Waals surface area contributed by atoms with Crippen molar-refractivity contribution in [3.63, 3.8) is 0 Å². The quantitative estimate of drug-likeness (QED) is 0.630. The highest BCUT2D eigenvalue weighted by molar-refractivity contribution is 7.18. The summed E-state index contributed by atoms with van der Waals surface area (Å²) in [6, 6.07) is 0.0922. The van der Waals surface area contributed by atoms with E-state index in [2.05, 4.69) is 31.1 Å². The molecule has 3 rings (SSSR count). The molecule has 1 amide bonds. The Morgan fingerprint density at radius 3 is 2.92 bits per heavy atom. The number of aryl methyl sites for hydroxylation is 1. The van der Waals surface area contributed by atoms with Gasteiger partial charge in [0, 0.05) is 25.8 Å². The zero-order valence-electron chi connectivity index (χ0n) is 14.9. The van der Waals surface area contributed by atoms with Crippen molar-refractivity contribution in [2.24, 2.45) is 5.92 Å². The molecule has 10 nitrogen and oxygen atoms in total. The van der Waals surface area contributed by atoms with Gasteiger partial charge < -0.3 is 21.1 Å². The van der Waals surface area contributed by atoms with E-state index in [9.17, 15) is 4.79 Å². The monoisotopic (exact) mass is 380 g/mol. The Kier molecular flexibility index (Phi) is 5.99. The highest BCUT2D eigenvalue weighted by Gasteiger charge is 2.34. The van der Waals surface area contributed by atoms with Gasteiger partial charge in [-0.25, -0.2) is 0 Å². The van der Waals surface area contributed by atoms with Crippen molar-refractivity contribution in [2.45, 2.75) is 44.9 Å². The van der Waals surface area contributed by atoms with Crippen LogP contribution in [-0.2, 0) is 16.1 Å². The molecule has 2 aromatic rings. The summed E-state index contributed by atoms with van der Waals surface area (Å²) in [6.07, 6.45) is 4.06. The Bertz CT molecular complexity index is 733. The zero-order valence-corrected chi connectivity index (χ0v) is 15.7. The fourth-order valence-corrected chi connectivity index (χ4v) is 3.76. The zero-order chi connectivity index (χ0) is 18.5. The number of methoxy groups -OCH3 is 1. The first-order valence-electron chi connectivity index (χ1n) is 8.58. The van der Waals surface area contributed by atoms with Crippen LogP contribution < -0.4 is 16.4 Å². The number of amides is 1. The standard InChI is InChI=1S/C15H24N8O2S/c1-9-8-23(22-19-9)6-5-17-13(24)10-3-4-11(12(7-10)25-2)18-15-21-20-14(16)26-15/h8,10-12H,3-7H2,1-2H3,(H2,16,20)(H,17,24)(H,18,21)/t10-,11+,12+/m0/s1. The molecule has 0 aliphatic heterocycles. The van der Waals surface area contributed by atoms with Crippen molar-refractivity contribution >= 4 is 27.5 Å². The number of ether oxygens (including phenoxy) is 1. The van der Waals surface area contributed by atoms with Crippen LogP contribution >= 0.6 is 11.3 Å². The van der Waals surface area contributed by atoms with Crippen LogP contribution in [0.3, 0.4) is 0 Å². The number of nitrogens with two attached hydrogens (primary N) is 1. The maximum atomic E-state index is 12.5. The lowest BCUT2D eigenvalue weighted by Gasteiger charge is -2.34. The maximum absolute atomic E-state index is 12.5. The van der Waals surface area contributed by atoms with E-state index in [4.69, 9.17) is 10.5 Å². The number of carbonyl (C=O) groups is 1. The summed E-state index contributed by atoms with van der Waals surface area (Å²) in [5, 5.41) is 23.1. The second-order valence-corrected chi connectivity index (χ2v) is 7.40. The Balaban J connectivity index is 1.46. The summed E-state index contributed by atoms with van der Waals surface area (Å²) in [7, 11) is 1.67. The normalized spacial score (nSPS) is 22.9. The molecule has 1 aliphatic rings. The smallest absolute Gasteiger partial charge is 0.223 e. The van der Waals surface area contributed by atoms with E-state index in [-0.39, 0.29) is 24.0 Å². The molecule has 0 saturated heterocycles. The van der Waals surface area contributed by atoms with Gasteiger partial charge in [0.25, 0.3) is 0 Å². The first-order valence-corrected chi connectivity index (χ1v) is 9.39. The topological polar surface area (TPSA) is 133 Å². The third-order valence-electron chi connectivity index (χ3n) is 4.51. The van der Waals surface area contributed by atoms with Gasteiger partial charge in [0.2, 0.25) is 16.2 Å². The number of nitrogens with zero attached hydrogens (tertiary/aromatic N) is 5. The Hall–Kier alpha value is -2.27. The lowest BCUT2D eigenvalue weighted by molar-refractivity contribution is -0.127. The van der Waals surface area contributed by atoms with Crippen molar-refractivity contribution in [2.75, 3.05) is 24.7 Å². The maximum Gasteiger partial charge on any atom is 0.223 e. The number of nitrogen functional groups attached to an aromatic ring is 1. The van der Waals surface area contributed by atoms with Gasteiger partial charge in [-0.1, -0.05) is 16.6 Å². The van der Waals surface area contributed by atoms with Crippen molar-refractivity contribution in [1.82, 2.24) is 30.5 Å². The van der Waals surface area contributed by atoms with Crippen LogP contribution in [0.4, 0.5) is 10.3 Å². The number of rotatable bonds is 7. The van der Waals surface area contributed by atoms with Crippen LogP contribution in [0, 0.1) is 12.8 Å². The number of nitrogens with one attached hydrogen (secondary N) is 2. The summed E-state index contributed by atoms with van der Waals surface area (Å²) in [5.74, 6) is -0.00234. The molecule has 1 aliphatic carbocycles. The van der Waals surface area contributed by atoms with Crippen molar-refractivity contribution in [3.05, 3.63) is 11.9 Å². The fourth-order valence-electron chi connectivity index (χ4n) is 3.19. The molecule has 2 heterocycles. The second-order valence-electron chi connectivity index (χ2n) is 6.39. The molecular weight excluding hydrogens is 356 g/mol. The van der Waals surface area contributed by atoms with Gasteiger partial charge in [0.15, 0.2) is 0 Å². The van der Waals surface area contributed by atoms with Gasteiger partial charge in [0.05, 0.1) is 24.4 Å². The molecule has 0 radical (unpaired) electrons. The SMILES string of the molecule is CO[C@@H]1C[C@@H](C(=O)NCCn2cc(C)nn2)CC[C@H]1Nc1nnc(N)s1. The lowest BCUT2D eigenvalue weighted by Crippen LogP contribution is -2.45. The van der Waals surface area contributed by atoms with Gasteiger partial charge in [0.1, 0.15) is 0 Å². The minimum atomic E-state index is -0.0670. The molecular formula is C15H24N8O2S. The Morgan fingerprint density at radius 1 is 1.42 bits per heavy atom. The molecule has 0 bridgehead atoms. The number of hydrogen-bond acceptors (Lipinski definition) is 9. The minimum absolute atomic E-state index is 0.0579. The lowest BCUT2D eigenvalue weighted by atomic mass is 9.83. The predicted octanol–water partition coefficient (Wildman–Crippen LogP) is 0.432. The summed E-state index contributed by atoms with van der Waals surface area (Å²) in [5.41, 5.74) is 6.48. The second kappa shape index (κ2) is 8.41. The summed E-state index contributed by atoms with van der Waals surface area (Å²) in [6.45, 7) is 3.02. The number of carbonyl (C=O) groups excluding carboxylic acids is 1. The molecule has 11 heteroatoms. The molecule has 1 fully saturated rings. The highest BCUT2D eigenvalue weighted by atomic mass is 32.1. The van der Waals surface area contributed by atoms with Crippen LogP contribution in [0.25, 0.3) is 0 Å². The average Bonchev–Trinajstić information content (AvgIpc) is 3.23. The van der Waals surface area contributed by atoms with Crippen LogP contribution in [-0.4, -0.2) is 56.9 Å². The van der Waals surface area contributed by atoms with Gasteiger partial charge in [-0.2, -0.15) is 0 Å². The Morgan fingerprint density at radius 2 is 2.27 bits per heavy atom.